The zero-order chi connectivity index (χ0) is 18.7. The van der Waals surface area contributed by atoms with E-state index < -0.39 is 29.7 Å². The maximum Gasteiger partial charge on any atom is 0.417 e. The number of amides is 2. The summed E-state index contributed by atoms with van der Waals surface area (Å²) in [6.07, 6.45) is -0.580. The lowest BCUT2D eigenvalue weighted by Gasteiger charge is -2.20. The van der Waals surface area contributed by atoms with Crippen LogP contribution in [0.25, 0.3) is 5.57 Å². The molecular formula is C20H17F2NO3. The molecule has 1 heterocycles. The fourth-order valence-corrected chi connectivity index (χ4v) is 2.91. The van der Waals surface area contributed by atoms with E-state index >= 15 is 0 Å². The number of halogens is 2. The summed E-state index contributed by atoms with van der Waals surface area (Å²) >= 11 is 0. The van der Waals surface area contributed by atoms with E-state index in [9.17, 15) is 18.4 Å². The van der Waals surface area contributed by atoms with Gasteiger partial charge in [-0.05, 0) is 29.7 Å². The Hall–Kier alpha value is -3.02. The number of benzene rings is 2. The minimum atomic E-state index is -0.731. The van der Waals surface area contributed by atoms with Crippen LogP contribution in [0.15, 0.2) is 55.1 Å². The summed E-state index contributed by atoms with van der Waals surface area (Å²) in [7, 11) is 0. The van der Waals surface area contributed by atoms with Gasteiger partial charge < -0.3 is 4.74 Å². The van der Waals surface area contributed by atoms with Crippen molar-refractivity contribution >= 4 is 17.6 Å². The summed E-state index contributed by atoms with van der Waals surface area (Å²) in [4.78, 5) is 25.6. The van der Waals surface area contributed by atoms with Crippen LogP contribution in [0.4, 0.5) is 13.6 Å². The molecule has 3 rings (SSSR count). The number of cyclic esters (lactones) is 1. The summed E-state index contributed by atoms with van der Waals surface area (Å²) in [5.74, 6) is -1.84. The SMILES string of the molecule is C=C(CCC(=O)N1C(=O)OC[C@@H]1c1ccccc1)c1ccc(F)cc1F. The molecule has 1 atom stereocenters. The molecule has 4 nitrogen and oxygen atoms in total. The molecule has 1 aliphatic rings. The Morgan fingerprint density at radius 3 is 2.58 bits per heavy atom. The van der Waals surface area contributed by atoms with E-state index in [0.717, 1.165) is 22.6 Å². The summed E-state index contributed by atoms with van der Waals surface area (Å²) in [5.41, 5.74) is 1.32. The van der Waals surface area contributed by atoms with Crippen molar-refractivity contribution < 1.29 is 23.1 Å². The Kier molecular flexibility index (Phi) is 5.11. The molecule has 1 saturated heterocycles. The van der Waals surface area contributed by atoms with Gasteiger partial charge in [-0.2, -0.15) is 0 Å². The van der Waals surface area contributed by atoms with Gasteiger partial charge in [0.05, 0.1) is 0 Å². The average Bonchev–Trinajstić information content (AvgIpc) is 3.02. The summed E-state index contributed by atoms with van der Waals surface area (Å²) in [5, 5.41) is 0. The van der Waals surface area contributed by atoms with Crippen LogP contribution in [0.1, 0.15) is 30.0 Å². The van der Waals surface area contributed by atoms with E-state index in [-0.39, 0.29) is 25.0 Å². The number of allylic oxidation sites excluding steroid dienone is 1. The monoisotopic (exact) mass is 357 g/mol. The van der Waals surface area contributed by atoms with Crippen LogP contribution in [-0.2, 0) is 9.53 Å². The predicted octanol–water partition coefficient (Wildman–Crippen LogP) is 4.48. The van der Waals surface area contributed by atoms with Crippen LogP contribution in [0.3, 0.4) is 0 Å². The molecule has 0 aliphatic carbocycles. The van der Waals surface area contributed by atoms with Gasteiger partial charge in [0.1, 0.15) is 24.3 Å². The Bertz CT molecular complexity index is 851. The molecule has 0 unspecified atom stereocenters. The van der Waals surface area contributed by atoms with Crippen LogP contribution in [0.5, 0.6) is 0 Å². The van der Waals surface area contributed by atoms with Gasteiger partial charge in [-0.1, -0.05) is 36.9 Å². The van der Waals surface area contributed by atoms with Gasteiger partial charge in [0, 0.05) is 18.1 Å². The number of rotatable bonds is 5. The number of carbonyl (C=O) groups is 2. The van der Waals surface area contributed by atoms with Crippen molar-refractivity contribution in [3.8, 4) is 0 Å². The van der Waals surface area contributed by atoms with Crippen LogP contribution in [-0.4, -0.2) is 23.5 Å². The number of hydrogen-bond acceptors (Lipinski definition) is 3. The molecule has 2 aromatic carbocycles. The molecule has 1 fully saturated rings. The van der Waals surface area contributed by atoms with Gasteiger partial charge in [-0.25, -0.2) is 18.5 Å². The third kappa shape index (κ3) is 3.64. The first-order valence-electron chi connectivity index (χ1n) is 8.14. The molecule has 0 spiro atoms. The highest BCUT2D eigenvalue weighted by atomic mass is 19.1. The van der Waals surface area contributed by atoms with Crippen molar-refractivity contribution in [1.82, 2.24) is 4.90 Å². The molecule has 134 valence electrons. The van der Waals surface area contributed by atoms with E-state index in [4.69, 9.17) is 4.74 Å². The molecule has 0 N–H and O–H groups in total. The van der Waals surface area contributed by atoms with Gasteiger partial charge in [0.25, 0.3) is 0 Å². The highest BCUT2D eigenvalue weighted by Crippen LogP contribution is 2.29. The zero-order valence-corrected chi connectivity index (χ0v) is 14.0. The Balaban J connectivity index is 1.68. The van der Waals surface area contributed by atoms with Gasteiger partial charge in [0.15, 0.2) is 0 Å². The smallest absolute Gasteiger partial charge is 0.417 e. The highest BCUT2D eigenvalue weighted by molar-refractivity contribution is 5.94. The van der Waals surface area contributed by atoms with Gasteiger partial charge in [-0.3, -0.25) is 4.79 Å². The second-order valence-electron chi connectivity index (χ2n) is 5.99. The summed E-state index contributed by atoms with van der Waals surface area (Å²) in [6.45, 7) is 3.86. The minimum Gasteiger partial charge on any atom is -0.446 e. The van der Waals surface area contributed by atoms with Crippen molar-refractivity contribution in [1.29, 1.82) is 0 Å². The second kappa shape index (κ2) is 7.47. The van der Waals surface area contributed by atoms with Crippen LogP contribution >= 0.6 is 0 Å². The topological polar surface area (TPSA) is 46.6 Å². The molecule has 0 bridgehead atoms. The molecular weight excluding hydrogens is 340 g/mol. The van der Waals surface area contributed by atoms with E-state index in [1.165, 1.54) is 6.07 Å². The Morgan fingerprint density at radius 1 is 1.15 bits per heavy atom. The third-order valence-electron chi connectivity index (χ3n) is 4.28. The lowest BCUT2D eigenvalue weighted by Crippen LogP contribution is -2.34. The first-order valence-corrected chi connectivity index (χ1v) is 8.14. The van der Waals surface area contributed by atoms with Crippen molar-refractivity contribution in [3.05, 3.63) is 77.9 Å². The van der Waals surface area contributed by atoms with Crippen LogP contribution < -0.4 is 0 Å². The molecule has 26 heavy (non-hydrogen) atoms. The number of carbonyl (C=O) groups excluding carboxylic acids is 2. The van der Waals surface area contributed by atoms with Gasteiger partial charge in [-0.15, -0.1) is 0 Å². The molecule has 1 aliphatic heterocycles. The largest absolute Gasteiger partial charge is 0.446 e. The number of nitrogens with zero attached hydrogens (tertiary/aromatic N) is 1. The van der Waals surface area contributed by atoms with E-state index in [0.29, 0.717) is 5.57 Å². The maximum atomic E-state index is 13.8. The quantitative estimate of drug-likeness (QED) is 0.793. The van der Waals surface area contributed by atoms with Crippen molar-refractivity contribution in [2.24, 2.45) is 0 Å². The first-order chi connectivity index (χ1) is 12.5. The Morgan fingerprint density at radius 2 is 1.88 bits per heavy atom. The van der Waals surface area contributed by atoms with Gasteiger partial charge in [0.2, 0.25) is 5.91 Å². The fourth-order valence-electron chi connectivity index (χ4n) is 2.91. The van der Waals surface area contributed by atoms with Crippen molar-refractivity contribution in [2.75, 3.05) is 6.61 Å². The normalized spacial score (nSPS) is 16.5. The molecule has 0 aromatic heterocycles. The maximum absolute atomic E-state index is 13.8. The molecule has 0 saturated carbocycles. The van der Waals surface area contributed by atoms with Crippen LogP contribution in [0.2, 0.25) is 0 Å². The summed E-state index contributed by atoms with van der Waals surface area (Å²) in [6, 6.07) is 11.8. The molecule has 2 aromatic rings. The first kappa shape index (κ1) is 17.8. The second-order valence-corrected chi connectivity index (χ2v) is 5.99. The zero-order valence-electron chi connectivity index (χ0n) is 14.0. The number of hydrogen-bond donors (Lipinski definition) is 0. The number of ether oxygens (including phenoxy) is 1. The molecule has 2 amide bonds. The standard InChI is InChI=1S/C20H17F2NO3/c1-13(16-9-8-15(21)11-17(16)22)7-10-19(24)23-18(12-26-20(23)25)14-5-3-2-4-6-14/h2-6,8-9,11,18H,1,7,10,12H2/t18-/m1/s1. The van der Waals surface area contributed by atoms with E-state index in [1.807, 2.05) is 30.3 Å². The summed E-state index contributed by atoms with van der Waals surface area (Å²) < 4.78 is 31.8. The predicted molar refractivity (Wildman–Crippen MR) is 92.0 cm³/mol. The van der Waals surface area contributed by atoms with Gasteiger partial charge >= 0.3 is 6.09 Å². The highest BCUT2D eigenvalue weighted by Gasteiger charge is 2.38. The lowest BCUT2D eigenvalue weighted by molar-refractivity contribution is -0.129. The fraction of sp³-hybridized carbons (Fsp3) is 0.200. The van der Waals surface area contributed by atoms with Crippen molar-refractivity contribution in [3.63, 3.8) is 0 Å². The minimum absolute atomic E-state index is 0.0336. The third-order valence-corrected chi connectivity index (χ3v) is 4.28. The van der Waals surface area contributed by atoms with E-state index in [1.54, 1.807) is 0 Å². The molecule has 6 heteroatoms. The Labute approximate surface area is 149 Å². The van der Waals surface area contributed by atoms with E-state index in [2.05, 4.69) is 6.58 Å². The van der Waals surface area contributed by atoms with Crippen molar-refractivity contribution in [2.45, 2.75) is 18.9 Å². The lowest BCUT2D eigenvalue weighted by atomic mass is 10.0. The molecule has 0 radical (unpaired) electrons. The van der Waals surface area contributed by atoms with Crippen LogP contribution in [0, 0.1) is 11.6 Å². The average molecular weight is 357 g/mol. The number of imide groups is 1.